The number of allylic oxidation sites excluding steroid dienone is 4. The molecule has 0 aliphatic rings. The third-order valence-corrected chi connectivity index (χ3v) is 17.9. The molecule has 0 radical (unpaired) electrons. The molecule has 0 rings (SSSR count). The first-order valence-corrected chi connectivity index (χ1v) is 38.5. The molecule has 0 aliphatic carbocycles. The lowest BCUT2D eigenvalue weighted by Crippen LogP contribution is -2.37. The van der Waals surface area contributed by atoms with Gasteiger partial charge in [0.25, 0.3) is 7.82 Å². The zero-order valence-electron chi connectivity index (χ0n) is 56.9. The summed E-state index contributed by atoms with van der Waals surface area (Å²) in [4.78, 5) is 38.1. The Labute approximate surface area is 523 Å². The number of rotatable bonds is 70. The van der Waals surface area contributed by atoms with Gasteiger partial charge in [-0.15, -0.1) is 0 Å². The molecular weight excluding hydrogens is 1060 g/mol. The topological polar surface area (TPSA) is 111 Å². The predicted octanol–water partition coefficient (Wildman–Crippen LogP) is 23.4. The molecule has 0 bridgehead atoms. The van der Waals surface area contributed by atoms with Crippen LogP contribution in [0.1, 0.15) is 386 Å². The number of esters is 2. The van der Waals surface area contributed by atoms with Gasteiger partial charge < -0.3 is 27.9 Å². The summed E-state index contributed by atoms with van der Waals surface area (Å²) < 4.78 is 34.4. The van der Waals surface area contributed by atoms with Crippen molar-refractivity contribution in [2.24, 2.45) is 0 Å². The highest BCUT2D eigenvalue weighted by Crippen LogP contribution is 2.38. The van der Waals surface area contributed by atoms with Crippen LogP contribution >= 0.6 is 7.82 Å². The lowest BCUT2D eigenvalue weighted by molar-refractivity contribution is -0.870. The van der Waals surface area contributed by atoms with Crippen molar-refractivity contribution in [3.63, 3.8) is 0 Å². The van der Waals surface area contributed by atoms with Gasteiger partial charge in [0.05, 0.1) is 27.7 Å². The number of quaternary nitrogens is 1. The van der Waals surface area contributed by atoms with Gasteiger partial charge in [-0.1, -0.05) is 353 Å². The Bertz CT molecular complexity index is 1460. The van der Waals surface area contributed by atoms with E-state index in [1.807, 2.05) is 21.1 Å². The smallest absolute Gasteiger partial charge is 0.306 e. The number of hydrogen-bond donors (Lipinski definition) is 0. The predicted molar refractivity (Wildman–Crippen MR) is 361 cm³/mol. The molecule has 0 aliphatic heterocycles. The molecule has 0 heterocycles. The van der Waals surface area contributed by atoms with Crippen LogP contribution in [0.15, 0.2) is 24.3 Å². The van der Waals surface area contributed by atoms with E-state index in [9.17, 15) is 19.0 Å². The Morgan fingerprint density at radius 1 is 0.369 bits per heavy atom. The van der Waals surface area contributed by atoms with Gasteiger partial charge in [0, 0.05) is 12.8 Å². The van der Waals surface area contributed by atoms with Crippen molar-refractivity contribution in [1.82, 2.24) is 0 Å². The Kier molecular flexibility index (Phi) is 64.7. The molecule has 0 saturated carbocycles. The number of ether oxygens (including phenoxy) is 2. The molecule has 0 aromatic carbocycles. The van der Waals surface area contributed by atoms with Crippen LogP contribution in [0.4, 0.5) is 0 Å². The van der Waals surface area contributed by atoms with Crippen LogP contribution in [0, 0.1) is 0 Å². The summed E-state index contributed by atoms with van der Waals surface area (Å²) in [6.45, 7) is 4.31. The normalized spacial score (nSPS) is 13.2. The van der Waals surface area contributed by atoms with E-state index < -0.39 is 26.5 Å². The summed E-state index contributed by atoms with van der Waals surface area (Å²) in [6, 6.07) is 0. The van der Waals surface area contributed by atoms with Crippen molar-refractivity contribution in [3.8, 4) is 0 Å². The van der Waals surface area contributed by atoms with E-state index in [0.29, 0.717) is 17.4 Å². The monoisotopic (exact) mass is 1210 g/mol. The Balaban J connectivity index is 3.96. The molecule has 0 aromatic heterocycles. The number of phosphoric acid groups is 1. The van der Waals surface area contributed by atoms with Gasteiger partial charge in [-0.25, -0.2) is 0 Å². The van der Waals surface area contributed by atoms with E-state index in [2.05, 4.69) is 38.2 Å². The largest absolute Gasteiger partial charge is 0.756 e. The average Bonchev–Trinajstić information content (AvgIpc) is 3.61. The summed E-state index contributed by atoms with van der Waals surface area (Å²) in [6.07, 6.45) is 82.8. The van der Waals surface area contributed by atoms with Crippen LogP contribution in [0.3, 0.4) is 0 Å². The molecule has 498 valence electrons. The van der Waals surface area contributed by atoms with Crippen molar-refractivity contribution in [2.45, 2.75) is 392 Å². The van der Waals surface area contributed by atoms with Gasteiger partial charge in [0.1, 0.15) is 19.8 Å². The van der Waals surface area contributed by atoms with E-state index in [4.69, 9.17) is 18.5 Å². The van der Waals surface area contributed by atoms with Crippen molar-refractivity contribution in [2.75, 3.05) is 47.5 Å². The Morgan fingerprint density at radius 2 is 0.643 bits per heavy atom. The maximum absolute atomic E-state index is 12.9. The molecule has 2 unspecified atom stereocenters. The van der Waals surface area contributed by atoms with Crippen LogP contribution in [-0.2, 0) is 32.7 Å². The van der Waals surface area contributed by atoms with Crippen LogP contribution in [0.25, 0.3) is 0 Å². The first-order chi connectivity index (χ1) is 41.0. The number of hydrogen-bond acceptors (Lipinski definition) is 8. The second-order valence-electron chi connectivity index (χ2n) is 26.7. The van der Waals surface area contributed by atoms with Gasteiger partial charge in [-0.05, 0) is 44.9 Å². The lowest BCUT2D eigenvalue weighted by Gasteiger charge is -2.28. The SMILES string of the molecule is CCCCCCC/C=C\C/C=C\CCCCCCCCCCCCCCCCCCCCCC(=O)OC(COC(=O)CCCCCCCCCCCCCCCCCCCCCCCCCCCCCCC)COP(=O)([O-])OCC[N+](C)(C)C. The highest BCUT2D eigenvalue weighted by atomic mass is 31.2. The van der Waals surface area contributed by atoms with Crippen molar-refractivity contribution in [1.29, 1.82) is 0 Å². The Morgan fingerprint density at radius 3 is 0.940 bits per heavy atom. The number of carbonyl (C=O) groups is 2. The van der Waals surface area contributed by atoms with E-state index in [-0.39, 0.29) is 32.0 Å². The van der Waals surface area contributed by atoms with Crippen molar-refractivity contribution in [3.05, 3.63) is 24.3 Å². The van der Waals surface area contributed by atoms with Crippen molar-refractivity contribution >= 4 is 19.8 Å². The summed E-state index contributed by atoms with van der Waals surface area (Å²) in [7, 11) is 1.19. The number of phosphoric ester groups is 1. The van der Waals surface area contributed by atoms with Crippen molar-refractivity contribution < 1.29 is 42.1 Å². The quantitative estimate of drug-likeness (QED) is 0.0195. The molecule has 0 amide bonds. The minimum atomic E-state index is -4.64. The minimum absolute atomic E-state index is 0.0267. The second-order valence-corrected chi connectivity index (χ2v) is 28.1. The zero-order chi connectivity index (χ0) is 61.2. The molecule has 0 saturated heterocycles. The van der Waals surface area contributed by atoms with E-state index in [1.54, 1.807) is 0 Å². The summed E-state index contributed by atoms with van der Waals surface area (Å²) in [5, 5.41) is 0. The fourth-order valence-electron chi connectivity index (χ4n) is 11.3. The third-order valence-electron chi connectivity index (χ3n) is 17.0. The lowest BCUT2D eigenvalue weighted by atomic mass is 10.0. The second kappa shape index (κ2) is 65.9. The number of likely N-dealkylation sites (N-methyl/N-ethyl adjacent to an activating group) is 1. The number of carbonyl (C=O) groups excluding carboxylic acids is 2. The fraction of sp³-hybridized carbons (Fsp3) is 0.919. The molecule has 0 fully saturated rings. The molecule has 84 heavy (non-hydrogen) atoms. The van der Waals surface area contributed by atoms with Crippen LogP contribution in [-0.4, -0.2) is 70.0 Å². The maximum atomic E-state index is 12.9. The molecule has 0 aromatic rings. The molecular formula is C74H144NO8P. The fourth-order valence-corrected chi connectivity index (χ4v) is 12.0. The first-order valence-electron chi connectivity index (χ1n) is 37.0. The average molecular weight is 1210 g/mol. The van der Waals surface area contributed by atoms with Crippen LogP contribution < -0.4 is 4.89 Å². The minimum Gasteiger partial charge on any atom is -0.756 e. The van der Waals surface area contributed by atoms with E-state index >= 15 is 0 Å². The Hall–Kier alpha value is -1.51. The highest BCUT2D eigenvalue weighted by molar-refractivity contribution is 7.45. The van der Waals surface area contributed by atoms with Gasteiger partial charge in [0.2, 0.25) is 0 Å². The third kappa shape index (κ3) is 69.6. The van der Waals surface area contributed by atoms with Gasteiger partial charge in [-0.2, -0.15) is 0 Å². The van der Waals surface area contributed by atoms with Gasteiger partial charge >= 0.3 is 11.9 Å². The van der Waals surface area contributed by atoms with E-state index in [0.717, 1.165) is 38.5 Å². The number of unbranched alkanes of at least 4 members (excludes halogenated alkanes) is 52. The van der Waals surface area contributed by atoms with Gasteiger partial charge in [0.15, 0.2) is 6.10 Å². The molecule has 0 N–H and O–H groups in total. The summed E-state index contributed by atoms with van der Waals surface area (Å²) in [5.74, 6) is -0.807. The molecule has 10 heteroatoms. The summed E-state index contributed by atoms with van der Waals surface area (Å²) >= 11 is 0. The molecule has 9 nitrogen and oxygen atoms in total. The zero-order valence-corrected chi connectivity index (χ0v) is 57.8. The van der Waals surface area contributed by atoms with Crippen LogP contribution in [0.5, 0.6) is 0 Å². The van der Waals surface area contributed by atoms with E-state index in [1.165, 1.54) is 315 Å². The first kappa shape index (κ1) is 82.5. The van der Waals surface area contributed by atoms with Crippen LogP contribution in [0.2, 0.25) is 0 Å². The molecule has 0 spiro atoms. The highest BCUT2D eigenvalue weighted by Gasteiger charge is 2.22. The van der Waals surface area contributed by atoms with Gasteiger partial charge in [-0.3, -0.25) is 14.2 Å². The summed E-state index contributed by atoms with van der Waals surface area (Å²) in [5.41, 5.74) is 0. The maximum Gasteiger partial charge on any atom is 0.306 e. The number of nitrogens with zero attached hydrogens (tertiary/aromatic N) is 1. The standard InChI is InChI=1S/C74H144NO8P/c1-6-8-10-12-14-16-18-20-22-24-26-28-30-32-34-36-37-39-41-43-45-47-49-51-53-55-57-59-61-63-65-67-74(77)83-72(71-82-84(78,79)81-69-68-75(3,4)5)70-80-73(76)66-64-62-60-58-56-54-52-50-48-46-44-42-40-38-35-33-31-29-27-25-23-21-19-17-15-13-11-9-7-2/h18,20,24,26,72H,6-17,19,21-23,25,27-71H2,1-5H3/b20-18-,26-24-. The molecule has 2 atom stereocenters.